The molecule has 0 unspecified atom stereocenters. The number of phenolic OH excluding ortho intramolecular Hbond substituents is 1. The van der Waals surface area contributed by atoms with Crippen molar-refractivity contribution in [1.82, 2.24) is 0 Å². The van der Waals surface area contributed by atoms with Gasteiger partial charge in [0.25, 0.3) is 0 Å². The maximum atomic E-state index is 12.5. The summed E-state index contributed by atoms with van der Waals surface area (Å²) in [6, 6.07) is 2.20. The standard InChI is InChI=1S/C7H6ClFO3S/c1-4-2-5(8)3-6(7(4)10)13(9,11)12/h2-3,10H,1H3. The van der Waals surface area contributed by atoms with E-state index in [-0.39, 0.29) is 10.6 Å². The maximum absolute atomic E-state index is 12.5. The van der Waals surface area contributed by atoms with Crippen LogP contribution in [0.25, 0.3) is 0 Å². The van der Waals surface area contributed by atoms with Crippen molar-refractivity contribution in [2.24, 2.45) is 0 Å². The molecular weight excluding hydrogens is 219 g/mol. The van der Waals surface area contributed by atoms with E-state index in [4.69, 9.17) is 11.6 Å². The van der Waals surface area contributed by atoms with Gasteiger partial charge in [0.1, 0.15) is 10.6 Å². The summed E-state index contributed by atoms with van der Waals surface area (Å²) < 4.78 is 33.4. The molecule has 3 nitrogen and oxygen atoms in total. The van der Waals surface area contributed by atoms with E-state index in [0.717, 1.165) is 6.07 Å². The van der Waals surface area contributed by atoms with Gasteiger partial charge in [0.15, 0.2) is 0 Å². The molecule has 6 heteroatoms. The number of aryl methyl sites for hydroxylation is 1. The second kappa shape index (κ2) is 3.16. The second-order valence-electron chi connectivity index (χ2n) is 2.51. The average Bonchev–Trinajstić information content (AvgIpc) is 1.94. The van der Waals surface area contributed by atoms with Crippen LogP contribution in [-0.2, 0) is 10.2 Å². The van der Waals surface area contributed by atoms with Gasteiger partial charge in [0.2, 0.25) is 0 Å². The maximum Gasteiger partial charge on any atom is 0.335 e. The molecular formula is C7H6ClFO3S. The van der Waals surface area contributed by atoms with Crippen molar-refractivity contribution in [3.8, 4) is 5.75 Å². The predicted octanol–water partition coefficient (Wildman–Crippen LogP) is 2.01. The van der Waals surface area contributed by atoms with Gasteiger partial charge < -0.3 is 5.11 Å². The highest BCUT2D eigenvalue weighted by atomic mass is 35.5. The van der Waals surface area contributed by atoms with E-state index in [0.29, 0.717) is 0 Å². The molecule has 0 aliphatic heterocycles. The van der Waals surface area contributed by atoms with E-state index >= 15 is 0 Å². The van der Waals surface area contributed by atoms with Gasteiger partial charge in [-0.05, 0) is 24.6 Å². The lowest BCUT2D eigenvalue weighted by Crippen LogP contribution is -1.94. The summed E-state index contributed by atoms with van der Waals surface area (Å²) in [6.45, 7) is 1.43. The second-order valence-corrected chi connectivity index (χ2v) is 4.26. The molecule has 0 aliphatic carbocycles. The number of hydrogen-bond donors (Lipinski definition) is 1. The zero-order valence-electron chi connectivity index (χ0n) is 6.58. The highest BCUT2D eigenvalue weighted by Gasteiger charge is 2.19. The monoisotopic (exact) mass is 224 g/mol. The molecule has 0 aliphatic rings. The van der Waals surface area contributed by atoms with Crippen LogP contribution >= 0.6 is 11.6 Å². The Morgan fingerprint density at radius 3 is 2.46 bits per heavy atom. The van der Waals surface area contributed by atoms with E-state index < -0.39 is 20.9 Å². The first-order valence-electron chi connectivity index (χ1n) is 3.26. The largest absolute Gasteiger partial charge is 0.506 e. The fourth-order valence-corrected chi connectivity index (χ4v) is 1.89. The molecule has 0 saturated heterocycles. The number of hydrogen-bond acceptors (Lipinski definition) is 3. The summed E-state index contributed by atoms with van der Waals surface area (Å²) in [5.41, 5.74) is 0.212. The van der Waals surface area contributed by atoms with E-state index in [1.807, 2.05) is 0 Å². The summed E-state index contributed by atoms with van der Waals surface area (Å²) in [5.74, 6) is -0.605. The highest BCUT2D eigenvalue weighted by molar-refractivity contribution is 7.86. The SMILES string of the molecule is Cc1cc(Cl)cc(S(=O)(=O)F)c1O. The fourth-order valence-electron chi connectivity index (χ4n) is 0.891. The molecule has 0 amide bonds. The van der Waals surface area contributed by atoms with E-state index in [1.54, 1.807) is 0 Å². The highest BCUT2D eigenvalue weighted by Crippen LogP contribution is 2.30. The molecule has 1 N–H and O–H groups in total. The number of halogens is 2. The Labute approximate surface area is 80.0 Å². The average molecular weight is 225 g/mol. The molecule has 0 radical (unpaired) electrons. The molecule has 1 aromatic rings. The lowest BCUT2D eigenvalue weighted by atomic mass is 10.2. The number of rotatable bonds is 1. The van der Waals surface area contributed by atoms with Crippen molar-refractivity contribution in [3.63, 3.8) is 0 Å². The minimum atomic E-state index is -4.91. The van der Waals surface area contributed by atoms with Crippen molar-refractivity contribution in [3.05, 3.63) is 22.7 Å². The number of aromatic hydroxyl groups is 1. The molecule has 13 heavy (non-hydrogen) atoms. The first-order valence-corrected chi connectivity index (χ1v) is 5.02. The zero-order valence-corrected chi connectivity index (χ0v) is 8.16. The third-order valence-electron chi connectivity index (χ3n) is 1.49. The normalized spacial score (nSPS) is 11.6. The lowest BCUT2D eigenvalue weighted by Gasteiger charge is -2.03. The molecule has 0 aromatic heterocycles. The Balaban J connectivity index is 3.56. The third kappa shape index (κ3) is 2.10. The molecule has 1 rings (SSSR count). The first kappa shape index (κ1) is 10.3. The minimum absolute atomic E-state index is 0.0616. The molecule has 72 valence electrons. The summed E-state index contributed by atoms with van der Waals surface area (Å²) >= 11 is 5.49. The van der Waals surface area contributed by atoms with Crippen LogP contribution in [0, 0.1) is 6.92 Å². The van der Waals surface area contributed by atoms with Crippen molar-refractivity contribution < 1.29 is 17.4 Å². The quantitative estimate of drug-likeness (QED) is 0.743. The predicted molar refractivity (Wildman–Crippen MR) is 46.1 cm³/mol. The smallest absolute Gasteiger partial charge is 0.335 e. The van der Waals surface area contributed by atoms with Gasteiger partial charge in [-0.25, -0.2) is 0 Å². The van der Waals surface area contributed by atoms with Crippen molar-refractivity contribution in [1.29, 1.82) is 0 Å². The van der Waals surface area contributed by atoms with Crippen LogP contribution in [0.3, 0.4) is 0 Å². The molecule has 0 bridgehead atoms. The van der Waals surface area contributed by atoms with Crippen LogP contribution < -0.4 is 0 Å². The summed E-state index contributed by atoms with van der Waals surface area (Å²) in [7, 11) is -4.91. The van der Waals surface area contributed by atoms with Gasteiger partial charge in [-0.2, -0.15) is 8.42 Å². The summed E-state index contributed by atoms with van der Waals surface area (Å²) in [4.78, 5) is -0.794. The van der Waals surface area contributed by atoms with Gasteiger partial charge in [0, 0.05) is 5.02 Å². The van der Waals surface area contributed by atoms with Gasteiger partial charge in [-0.3, -0.25) is 0 Å². The Hall–Kier alpha value is -0.810. The van der Waals surface area contributed by atoms with Crippen molar-refractivity contribution in [2.75, 3.05) is 0 Å². The summed E-state index contributed by atoms with van der Waals surface area (Å²) in [5, 5.41) is 9.24. The van der Waals surface area contributed by atoms with Gasteiger partial charge >= 0.3 is 10.2 Å². The Morgan fingerprint density at radius 2 is 2.00 bits per heavy atom. The Kier molecular flexibility index (Phi) is 2.49. The molecule has 0 atom stereocenters. The van der Waals surface area contributed by atoms with Crippen LogP contribution in [0.2, 0.25) is 5.02 Å². The zero-order chi connectivity index (χ0) is 10.2. The van der Waals surface area contributed by atoms with Gasteiger partial charge in [-0.15, -0.1) is 3.89 Å². The minimum Gasteiger partial charge on any atom is -0.506 e. The van der Waals surface area contributed by atoms with E-state index in [9.17, 15) is 17.4 Å². The number of phenols is 1. The van der Waals surface area contributed by atoms with E-state index in [2.05, 4.69) is 0 Å². The van der Waals surface area contributed by atoms with Crippen LogP contribution in [0.1, 0.15) is 5.56 Å². The summed E-state index contributed by atoms with van der Waals surface area (Å²) in [6.07, 6.45) is 0. The lowest BCUT2D eigenvalue weighted by molar-refractivity contribution is 0.451. The fraction of sp³-hybridized carbons (Fsp3) is 0.143. The molecule has 0 heterocycles. The van der Waals surface area contributed by atoms with Gasteiger partial charge in [0.05, 0.1) is 0 Å². The van der Waals surface area contributed by atoms with Crippen LogP contribution in [0.5, 0.6) is 5.75 Å². The topological polar surface area (TPSA) is 54.4 Å². The van der Waals surface area contributed by atoms with Crippen LogP contribution in [-0.4, -0.2) is 13.5 Å². The Bertz CT molecular complexity index is 441. The molecule has 0 saturated carbocycles. The Morgan fingerprint density at radius 1 is 1.46 bits per heavy atom. The number of benzene rings is 1. The van der Waals surface area contributed by atoms with Crippen LogP contribution in [0.15, 0.2) is 17.0 Å². The van der Waals surface area contributed by atoms with Crippen molar-refractivity contribution in [2.45, 2.75) is 11.8 Å². The molecule has 0 spiro atoms. The molecule has 1 aromatic carbocycles. The van der Waals surface area contributed by atoms with Gasteiger partial charge in [-0.1, -0.05) is 11.6 Å². The molecule has 0 fully saturated rings. The van der Waals surface area contributed by atoms with E-state index in [1.165, 1.54) is 13.0 Å². The van der Waals surface area contributed by atoms with Crippen molar-refractivity contribution >= 4 is 21.8 Å². The third-order valence-corrected chi connectivity index (χ3v) is 2.55. The first-order chi connectivity index (χ1) is 5.82. The van der Waals surface area contributed by atoms with Crippen LogP contribution in [0.4, 0.5) is 3.89 Å².